The van der Waals surface area contributed by atoms with E-state index in [1.807, 2.05) is 46.9 Å². The molecule has 3 N–H and O–H groups in total. The van der Waals surface area contributed by atoms with E-state index in [1.165, 1.54) is 23.3 Å². The van der Waals surface area contributed by atoms with E-state index in [0.29, 0.717) is 25.1 Å². The summed E-state index contributed by atoms with van der Waals surface area (Å²) in [5.74, 6) is -1.23. The van der Waals surface area contributed by atoms with Crippen LogP contribution in [0.15, 0.2) is 66.7 Å². The van der Waals surface area contributed by atoms with Gasteiger partial charge in [-0.15, -0.1) is 0 Å². The van der Waals surface area contributed by atoms with Gasteiger partial charge >= 0.3 is 12.1 Å². The first kappa shape index (κ1) is 24.7. The zero-order valence-electron chi connectivity index (χ0n) is 18.9. The van der Waals surface area contributed by atoms with Crippen molar-refractivity contribution >= 4 is 46.2 Å². The molecule has 3 aromatic carbocycles. The summed E-state index contributed by atoms with van der Waals surface area (Å²) in [4.78, 5) is 35.6. The summed E-state index contributed by atoms with van der Waals surface area (Å²) in [7, 11) is 0. The molecule has 3 aromatic rings. The first-order valence-corrected chi connectivity index (χ1v) is 12.4. The summed E-state index contributed by atoms with van der Waals surface area (Å²) >= 11 is 2.01. The monoisotopic (exact) mass is 584 g/mol. The molecule has 0 radical (unpaired) electrons. The van der Waals surface area contributed by atoms with Crippen molar-refractivity contribution in [2.45, 2.75) is 25.2 Å². The molecule has 0 fully saturated rings. The van der Waals surface area contributed by atoms with Gasteiger partial charge in [0.25, 0.3) is 0 Å². The van der Waals surface area contributed by atoms with E-state index in [-0.39, 0.29) is 30.4 Å². The van der Waals surface area contributed by atoms with Gasteiger partial charge in [0.2, 0.25) is 5.91 Å². The van der Waals surface area contributed by atoms with Crippen LogP contribution in [0.2, 0.25) is 0 Å². The van der Waals surface area contributed by atoms with E-state index < -0.39 is 12.1 Å². The number of hydrogen-bond acceptors (Lipinski definition) is 4. The van der Waals surface area contributed by atoms with Crippen LogP contribution in [0.25, 0.3) is 11.1 Å². The van der Waals surface area contributed by atoms with Crippen LogP contribution in [-0.2, 0) is 9.53 Å². The van der Waals surface area contributed by atoms with E-state index in [1.54, 1.807) is 6.07 Å². The lowest BCUT2D eigenvalue weighted by Gasteiger charge is -2.14. The number of alkyl carbamates (subject to hydrolysis) is 1. The number of rotatable bonds is 9. The van der Waals surface area contributed by atoms with Crippen molar-refractivity contribution in [2.75, 3.05) is 18.5 Å². The summed E-state index contributed by atoms with van der Waals surface area (Å²) in [6.07, 6.45) is 0.979. The molecule has 35 heavy (non-hydrogen) atoms. The number of hydrogen-bond donors (Lipinski definition) is 3. The number of benzene rings is 3. The van der Waals surface area contributed by atoms with Crippen molar-refractivity contribution in [3.05, 3.63) is 87.0 Å². The summed E-state index contributed by atoms with van der Waals surface area (Å²) < 4.78 is 6.24. The topological polar surface area (TPSA) is 105 Å². The van der Waals surface area contributed by atoms with Crippen LogP contribution in [0, 0.1) is 3.57 Å². The largest absolute Gasteiger partial charge is 0.478 e. The predicted molar refractivity (Wildman–Crippen MR) is 142 cm³/mol. The number of halogens is 1. The highest BCUT2D eigenvalue weighted by Crippen LogP contribution is 2.44. The highest BCUT2D eigenvalue weighted by atomic mass is 127. The number of fused-ring (bicyclic) bond motifs is 3. The van der Waals surface area contributed by atoms with Crippen molar-refractivity contribution in [3.63, 3.8) is 0 Å². The molecule has 0 aliphatic heterocycles. The van der Waals surface area contributed by atoms with Crippen LogP contribution in [0.4, 0.5) is 10.5 Å². The van der Waals surface area contributed by atoms with E-state index >= 15 is 0 Å². The van der Waals surface area contributed by atoms with Gasteiger partial charge in [0.05, 0.1) is 5.56 Å². The molecule has 0 unspecified atom stereocenters. The minimum Gasteiger partial charge on any atom is -0.478 e. The summed E-state index contributed by atoms with van der Waals surface area (Å²) in [6, 6.07) is 21.0. The number of aromatic carboxylic acids is 1. The number of carbonyl (C=O) groups is 3. The molecule has 4 rings (SSSR count). The van der Waals surface area contributed by atoms with Crippen molar-refractivity contribution in [1.29, 1.82) is 0 Å². The lowest BCUT2D eigenvalue weighted by atomic mass is 9.98. The standard InChI is InChI=1S/C27H25IN2O5/c28-18-13-17(26(32)33)14-19(15-18)30-25(31)11-5-6-12-29-27(34)35-16-24-22-9-3-1-7-20(22)21-8-2-4-10-23(21)24/h1-4,7-10,13-15,24H,5-6,11-12,16H2,(H,29,34)(H,30,31)(H,32,33). The molecule has 0 heterocycles. The van der Waals surface area contributed by atoms with E-state index in [9.17, 15) is 14.4 Å². The van der Waals surface area contributed by atoms with E-state index in [4.69, 9.17) is 9.84 Å². The predicted octanol–water partition coefficient (Wildman–Crippen LogP) is 5.64. The molecule has 8 heteroatoms. The minimum atomic E-state index is -1.04. The van der Waals surface area contributed by atoms with Crippen LogP contribution in [0.5, 0.6) is 0 Å². The van der Waals surface area contributed by atoms with Crippen LogP contribution >= 0.6 is 22.6 Å². The lowest BCUT2D eigenvalue weighted by Crippen LogP contribution is -2.27. The Bertz CT molecular complexity index is 1210. The Morgan fingerprint density at radius 1 is 0.914 bits per heavy atom. The number of anilines is 1. The third kappa shape index (κ3) is 6.19. The quantitative estimate of drug-likeness (QED) is 0.223. The molecule has 0 saturated carbocycles. The molecule has 2 amide bonds. The van der Waals surface area contributed by atoms with E-state index in [2.05, 4.69) is 34.9 Å². The van der Waals surface area contributed by atoms with Crippen LogP contribution in [-0.4, -0.2) is 36.2 Å². The van der Waals surface area contributed by atoms with Gasteiger partial charge in [0, 0.05) is 28.1 Å². The first-order valence-electron chi connectivity index (χ1n) is 11.3. The van der Waals surface area contributed by atoms with Crippen LogP contribution < -0.4 is 10.6 Å². The highest BCUT2D eigenvalue weighted by molar-refractivity contribution is 14.1. The fourth-order valence-electron chi connectivity index (χ4n) is 4.26. The third-order valence-electron chi connectivity index (χ3n) is 5.87. The fourth-order valence-corrected chi connectivity index (χ4v) is 4.93. The molecule has 7 nitrogen and oxygen atoms in total. The molecule has 0 aromatic heterocycles. The Morgan fingerprint density at radius 2 is 1.57 bits per heavy atom. The maximum Gasteiger partial charge on any atom is 0.407 e. The van der Waals surface area contributed by atoms with Gasteiger partial charge in [-0.1, -0.05) is 48.5 Å². The number of ether oxygens (including phenoxy) is 1. The summed E-state index contributed by atoms with van der Waals surface area (Å²) in [5, 5.41) is 14.6. The Kier molecular flexibility index (Phi) is 8.02. The Labute approximate surface area is 217 Å². The summed E-state index contributed by atoms with van der Waals surface area (Å²) in [6.45, 7) is 0.660. The Hall–Kier alpha value is -3.40. The number of carbonyl (C=O) groups excluding carboxylic acids is 2. The maximum atomic E-state index is 12.2. The highest BCUT2D eigenvalue weighted by Gasteiger charge is 2.28. The lowest BCUT2D eigenvalue weighted by molar-refractivity contribution is -0.116. The fraction of sp³-hybridized carbons (Fsp3) is 0.222. The molecule has 1 aliphatic carbocycles. The number of carboxylic acid groups (broad SMARTS) is 1. The van der Waals surface area contributed by atoms with Gasteiger partial charge in [-0.05, 0) is 75.9 Å². The third-order valence-corrected chi connectivity index (χ3v) is 6.49. The van der Waals surface area contributed by atoms with Gasteiger partial charge in [-0.3, -0.25) is 4.79 Å². The zero-order chi connectivity index (χ0) is 24.8. The second-order valence-electron chi connectivity index (χ2n) is 8.29. The molecular weight excluding hydrogens is 559 g/mol. The minimum absolute atomic E-state index is 0.0135. The number of amides is 2. The summed E-state index contributed by atoms with van der Waals surface area (Å²) in [5.41, 5.74) is 5.27. The Morgan fingerprint density at radius 3 is 2.23 bits per heavy atom. The zero-order valence-corrected chi connectivity index (χ0v) is 21.1. The number of nitrogens with one attached hydrogen (secondary N) is 2. The Balaban J connectivity index is 1.18. The SMILES string of the molecule is O=C(CCCCNC(=O)OCC1c2ccccc2-c2ccccc21)Nc1cc(I)cc(C(=O)O)c1. The molecule has 0 spiro atoms. The van der Waals surface area contributed by atoms with Gasteiger partial charge in [0.15, 0.2) is 0 Å². The van der Waals surface area contributed by atoms with Crippen molar-refractivity contribution in [2.24, 2.45) is 0 Å². The first-order chi connectivity index (χ1) is 16.9. The molecule has 0 saturated heterocycles. The van der Waals surface area contributed by atoms with Gasteiger partial charge in [-0.2, -0.15) is 0 Å². The normalized spacial score (nSPS) is 11.9. The van der Waals surface area contributed by atoms with E-state index in [0.717, 1.165) is 14.7 Å². The second-order valence-corrected chi connectivity index (χ2v) is 9.54. The van der Waals surface area contributed by atoms with Crippen molar-refractivity contribution < 1.29 is 24.2 Å². The van der Waals surface area contributed by atoms with Crippen molar-refractivity contribution in [1.82, 2.24) is 5.32 Å². The number of carboxylic acids is 1. The maximum absolute atomic E-state index is 12.2. The smallest absolute Gasteiger partial charge is 0.407 e. The molecule has 0 atom stereocenters. The van der Waals surface area contributed by atoms with Gasteiger partial charge < -0.3 is 20.5 Å². The number of unbranched alkanes of at least 4 members (excludes halogenated alkanes) is 1. The average Bonchev–Trinajstić information content (AvgIpc) is 3.16. The average molecular weight is 584 g/mol. The second kappa shape index (κ2) is 11.4. The van der Waals surface area contributed by atoms with Crippen molar-refractivity contribution in [3.8, 4) is 11.1 Å². The molecule has 1 aliphatic rings. The van der Waals surface area contributed by atoms with Crippen LogP contribution in [0.3, 0.4) is 0 Å². The van der Waals surface area contributed by atoms with Crippen LogP contribution in [0.1, 0.15) is 46.7 Å². The van der Waals surface area contributed by atoms with Gasteiger partial charge in [-0.25, -0.2) is 9.59 Å². The molecule has 0 bridgehead atoms. The molecular formula is C27H25IN2O5. The van der Waals surface area contributed by atoms with Gasteiger partial charge in [0.1, 0.15) is 6.61 Å². The molecule has 180 valence electrons.